The van der Waals surface area contributed by atoms with Gasteiger partial charge < -0.3 is 14.6 Å². The van der Waals surface area contributed by atoms with Gasteiger partial charge in [0.25, 0.3) is 0 Å². The number of ether oxygens (including phenoxy) is 2. The molecule has 0 aliphatic carbocycles. The molecule has 0 aromatic heterocycles. The van der Waals surface area contributed by atoms with Gasteiger partial charge in [-0.3, -0.25) is 9.69 Å². The minimum Gasteiger partial charge on any atom is -0.496 e. The summed E-state index contributed by atoms with van der Waals surface area (Å²) in [6.45, 7) is 2.14. The van der Waals surface area contributed by atoms with Crippen LogP contribution in [0.1, 0.15) is 12.0 Å². The number of carbonyl (C=O) groups is 1. The molecule has 1 atom stereocenters. The lowest BCUT2D eigenvalue weighted by atomic mass is 9.88. The van der Waals surface area contributed by atoms with E-state index >= 15 is 0 Å². The van der Waals surface area contributed by atoms with E-state index in [4.69, 9.17) is 9.47 Å². The first-order valence-electron chi connectivity index (χ1n) is 8.09. The van der Waals surface area contributed by atoms with Crippen LogP contribution >= 0.6 is 0 Å². The van der Waals surface area contributed by atoms with Crippen LogP contribution in [-0.2, 0) is 16.1 Å². The minimum atomic E-state index is -0.813. The van der Waals surface area contributed by atoms with Crippen LogP contribution in [0.25, 0.3) is 10.8 Å². The van der Waals surface area contributed by atoms with Gasteiger partial charge in [-0.1, -0.05) is 30.3 Å². The van der Waals surface area contributed by atoms with E-state index < -0.39 is 11.4 Å². The summed E-state index contributed by atoms with van der Waals surface area (Å²) >= 11 is 0. The summed E-state index contributed by atoms with van der Waals surface area (Å²) in [6.07, 6.45) is 0.600. The van der Waals surface area contributed by atoms with Gasteiger partial charge in [0.1, 0.15) is 11.2 Å². The molecule has 0 amide bonds. The number of rotatable bonds is 6. The van der Waals surface area contributed by atoms with Crippen LogP contribution in [0.2, 0.25) is 0 Å². The van der Waals surface area contributed by atoms with Crippen LogP contribution in [-0.4, -0.2) is 49.9 Å². The van der Waals surface area contributed by atoms with Crippen LogP contribution < -0.4 is 4.74 Å². The topological polar surface area (TPSA) is 59.0 Å². The third-order valence-corrected chi connectivity index (χ3v) is 4.91. The Labute approximate surface area is 141 Å². The van der Waals surface area contributed by atoms with E-state index in [2.05, 4.69) is 17.0 Å². The fourth-order valence-electron chi connectivity index (χ4n) is 3.62. The van der Waals surface area contributed by atoms with Crippen molar-refractivity contribution in [2.24, 2.45) is 5.41 Å². The maximum absolute atomic E-state index is 11.7. The number of likely N-dealkylation sites (tertiary alicyclic amines) is 1. The number of hydrogen-bond donors (Lipinski definition) is 1. The average Bonchev–Trinajstić information content (AvgIpc) is 3.00. The van der Waals surface area contributed by atoms with E-state index in [1.807, 2.05) is 24.3 Å². The fourth-order valence-corrected chi connectivity index (χ4v) is 3.62. The van der Waals surface area contributed by atoms with Crippen LogP contribution in [0, 0.1) is 5.41 Å². The highest BCUT2D eigenvalue weighted by Crippen LogP contribution is 2.35. The molecular formula is C19H23NO4. The van der Waals surface area contributed by atoms with Crippen molar-refractivity contribution < 1.29 is 19.4 Å². The number of hydrogen-bond acceptors (Lipinski definition) is 4. The number of carboxylic acids is 1. The first-order valence-corrected chi connectivity index (χ1v) is 8.09. The highest BCUT2D eigenvalue weighted by Gasteiger charge is 2.45. The molecule has 128 valence electrons. The van der Waals surface area contributed by atoms with Gasteiger partial charge in [-0.2, -0.15) is 0 Å². The van der Waals surface area contributed by atoms with E-state index in [9.17, 15) is 9.90 Å². The van der Waals surface area contributed by atoms with Crippen LogP contribution in [0.5, 0.6) is 5.75 Å². The molecule has 0 spiro atoms. The molecule has 24 heavy (non-hydrogen) atoms. The van der Waals surface area contributed by atoms with Crippen molar-refractivity contribution in [3.05, 3.63) is 42.0 Å². The molecule has 5 heteroatoms. The summed E-state index contributed by atoms with van der Waals surface area (Å²) < 4.78 is 10.7. The van der Waals surface area contributed by atoms with Crippen molar-refractivity contribution in [2.75, 3.05) is 33.9 Å². The average molecular weight is 329 g/mol. The van der Waals surface area contributed by atoms with E-state index in [-0.39, 0.29) is 6.61 Å². The van der Waals surface area contributed by atoms with E-state index in [1.54, 1.807) is 14.2 Å². The molecule has 1 aliphatic heterocycles. The zero-order valence-corrected chi connectivity index (χ0v) is 14.1. The minimum absolute atomic E-state index is 0.242. The number of aliphatic carboxylic acids is 1. The SMILES string of the molecule is COCC1(C(=O)O)CCN(Cc2c(OC)ccc3ccccc23)C1. The quantitative estimate of drug-likeness (QED) is 0.883. The standard InChI is InChI=1S/C19H23NO4/c1-23-13-19(18(21)22)9-10-20(12-19)11-16-15-6-4-3-5-14(15)7-8-17(16)24-2/h3-8H,9-13H2,1-2H3,(H,21,22). The lowest BCUT2D eigenvalue weighted by molar-refractivity contribution is -0.151. The molecule has 1 heterocycles. The smallest absolute Gasteiger partial charge is 0.313 e. The maximum atomic E-state index is 11.7. The van der Waals surface area contributed by atoms with E-state index in [0.29, 0.717) is 19.5 Å². The van der Waals surface area contributed by atoms with Crippen LogP contribution in [0.15, 0.2) is 36.4 Å². The molecule has 0 saturated carbocycles. The van der Waals surface area contributed by atoms with Crippen molar-refractivity contribution in [3.63, 3.8) is 0 Å². The summed E-state index contributed by atoms with van der Waals surface area (Å²) in [5, 5.41) is 11.9. The second-order valence-corrected chi connectivity index (χ2v) is 6.45. The molecule has 1 N–H and O–H groups in total. The summed E-state index contributed by atoms with van der Waals surface area (Å²) in [5.41, 5.74) is 0.293. The van der Waals surface area contributed by atoms with E-state index in [1.165, 1.54) is 0 Å². The first kappa shape index (κ1) is 16.7. The van der Waals surface area contributed by atoms with Gasteiger partial charge in [0.15, 0.2) is 0 Å². The Kier molecular flexibility index (Phi) is 4.73. The zero-order valence-electron chi connectivity index (χ0n) is 14.1. The summed E-state index contributed by atoms with van der Waals surface area (Å²) in [5.74, 6) is 0.0602. The molecule has 2 aromatic rings. The fraction of sp³-hybridized carbons (Fsp3) is 0.421. The lowest BCUT2D eigenvalue weighted by Gasteiger charge is -2.24. The number of nitrogens with zero attached hydrogens (tertiary/aromatic N) is 1. The summed E-state index contributed by atoms with van der Waals surface area (Å²) in [6, 6.07) is 12.2. The number of methoxy groups -OCH3 is 2. The Bertz CT molecular complexity index is 745. The monoisotopic (exact) mass is 329 g/mol. The summed E-state index contributed by atoms with van der Waals surface area (Å²) in [7, 11) is 3.23. The van der Waals surface area contributed by atoms with Crippen molar-refractivity contribution in [2.45, 2.75) is 13.0 Å². The number of carboxylic acid groups (broad SMARTS) is 1. The highest BCUT2D eigenvalue weighted by molar-refractivity contribution is 5.87. The van der Waals surface area contributed by atoms with Crippen molar-refractivity contribution in [1.82, 2.24) is 4.90 Å². The molecule has 1 saturated heterocycles. The molecule has 0 radical (unpaired) electrons. The maximum Gasteiger partial charge on any atom is 0.313 e. The zero-order chi connectivity index (χ0) is 17.2. The van der Waals surface area contributed by atoms with Gasteiger partial charge in [0, 0.05) is 25.8 Å². The summed E-state index contributed by atoms with van der Waals surface area (Å²) in [4.78, 5) is 13.9. The second kappa shape index (κ2) is 6.79. The highest BCUT2D eigenvalue weighted by atomic mass is 16.5. The van der Waals surface area contributed by atoms with Crippen LogP contribution in [0.3, 0.4) is 0 Å². The largest absolute Gasteiger partial charge is 0.496 e. The predicted octanol–water partition coefficient (Wildman–Crippen LogP) is 2.77. The molecule has 5 nitrogen and oxygen atoms in total. The van der Waals surface area contributed by atoms with Crippen molar-refractivity contribution in [1.29, 1.82) is 0 Å². The third kappa shape index (κ3) is 2.97. The third-order valence-electron chi connectivity index (χ3n) is 4.91. The second-order valence-electron chi connectivity index (χ2n) is 6.45. The van der Waals surface area contributed by atoms with Gasteiger partial charge >= 0.3 is 5.97 Å². The van der Waals surface area contributed by atoms with Gasteiger partial charge in [-0.05, 0) is 29.8 Å². The molecule has 3 rings (SSSR count). The normalized spacial score (nSPS) is 21.2. The Morgan fingerprint density at radius 1 is 1.25 bits per heavy atom. The van der Waals surface area contributed by atoms with E-state index in [0.717, 1.165) is 28.6 Å². The molecule has 0 bridgehead atoms. The molecule has 1 unspecified atom stereocenters. The molecular weight excluding hydrogens is 306 g/mol. The number of benzene rings is 2. The Balaban J connectivity index is 1.89. The number of fused-ring (bicyclic) bond motifs is 1. The Hall–Kier alpha value is -2.11. The van der Waals surface area contributed by atoms with Crippen LogP contribution in [0.4, 0.5) is 0 Å². The van der Waals surface area contributed by atoms with Gasteiger partial charge in [-0.15, -0.1) is 0 Å². The van der Waals surface area contributed by atoms with Gasteiger partial charge in [0.05, 0.1) is 13.7 Å². The molecule has 1 fully saturated rings. The predicted molar refractivity (Wildman–Crippen MR) is 92.3 cm³/mol. The lowest BCUT2D eigenvalue weighted by Crippen LogP contribution is -2.38. The Morgan fingerprint density at radius 3 is 2.75 bits per heavy atom. The first-order chi connectivity index (χ1) is 11.6. The molecule has 2 aromatic carbocycles. The van der Waals surface area contributed by atoms with Gasteiger partial charge in [0.2, 0.25) is 0 Å². The Morgan fingerprint density at radius 2 is 2.04 bits per heavy atom. The van der Waals surface area contributed by atoms with Crippen molar-refractivity contribution >= 4 is 16.7 Å². The van der Waals surface area contributed by atoms with Crippen molar-refractivity contribution in [3.8, 4) is 5.75 Å². The molecule has 1 aliphatic rings. The van der Waals surface area contributed by atoms with Gasteiger partial charge in [-0.25, -0.2) is 0 Å².